The highest BCUT2D eigenvalue weighted by atomic mass is 127. The third kappa shape index (κ3) is 3.13. The van der Waals surface area contributed by atoms with Crippen LogP contribution >= 0.6 is 22.6 Å². The Kier molecular flexibility index (Phi) is 4.06. The van der Waals surface area contributed by atoms with E-state index in [-0.39, 0.29) is 5.82 Å². The van der Waals surface area contributed by atoms with Gasteiger partial charge in [-0.2, -0.15) is 0 Å². The molecule has 0 spiro atoms. The van der Waals surface area contributed by atoms with Crippen LogP contribution in [-0.2, 0) is 6.54 Å². The van der Waals surface area contributed by atoms with Crippen LogP contribution in [0.1, 0.15) is 5.56 Å². The fraction of sp³-hybridized carbons (Fsp3) is 0.143. The Hall–Kier alpha value is -1.30. The van der Waals surface area contributed by atoms with Gasteiger partial charge in [-0.25, -0.2) is 4.39 Å². The van der Waals surface area contributed by atoms with Crippen molar-refractivity contribution in [2.24, 2.45) is 0 Å². The van der Waals surface area contributed by atoms with E-state index >= 15 is 0 Å². The number of halogens is 2. The molecular formula is C14H14FIN2. The molecule has 0 saturated heterocycles. The van der Waals surface area contributed by atoms with Crippen molar-refractivity contribution in [3.63, 3.8) is 0 Å². The highest BCUT2D eigenvalue weighted by Gasteiger charge is 2.07. The van der Waals surface area contributed by atoms with Gasteiger partial charge in [-0.1, -0.05) is 12.1 Å². The van der Waals surface area contributed by atoms with E-state index in [1.54, 1.807) is 12.1 Å². The second-order valence-electron chi connectivity index (χ2n) is 4.20. The van der Waals surface area contributed by atoms with Crippen LogP contribution in [0.25, 0.3) is 0 Å². The molecule has 0 bridgehead atoms. The van der Waals surface area contributed by atoms with Crippen LogP contribution in [0.3, 0.4) is 0 Å². The number of rotatable bonds is 3. The molecule has 0 saturated carbocycles. The fourth-order valence-corrected chi connectivity index (χ4v) is 2.78. The highest BCUT2D eigenvalue weighted by molar-refractivity contribution is 14.1. The predicted molar refractivity (Wildman–Crippen MR) is 82.1 cm³/mol. The molecule has 94 valence electrons. The average molecular weight is 356 g/mol. The van der Waals surface area contributed by atoms with Gasteiger partial charge < -0.3 is 10.6 Å². The molecule has 0 fully saturated rings. The Labute approximate surface area is 120 Å². The summed E-state index contributed by atoms with van der Waals surface area (Å²) in [7, 11) is 1.98. The van der Waals surface area contributed by atoms with E-state index < -0.39 is 0 Å². The smallest absolute Gasteiger partial charge is 0.123 e. The van der Waals surface area contributed by atoms with Crippen LogP contribution in [0.2, 0.25) is 0 Å². The van der Waals surface area contributed by atoms with E-state index in [1.165, 1.54) is 6.07 Å². The lowest BCUT2D eigenvalue weighted by Crippen LogP contribution is -2.17. The number of benzene rings is 2. The number of nitrogen functional groups attached to an aromatic ring is 1. The Balaban J connectivity index is 2.19. The standard InChI is InChI=1S/C14H14FIN2/c1-18(9-10-3-2-4-11(15)7-10)14-6-5-12(17)8-13(14)16/h2-8H,9,17H2,1H3. The van der Waals surface area contributed by atoms with Crippen molar-refractivity contribution < 1.29 is 4.39 Å². The van der Waals surface area contributed by atoms with Crippen LogP contribution in [0.15, 0.2) is 42.5 Å². The number of hydrogen-bond acceptors (Lipinski definition) is 2. The molecule has 2 aromatic rings. The lowest BCUT2D eigenvalue weighted by molar-refractivity contribution is 0.625. The minimum atomic E-state index is -0.201. The van der Waals surface area contributed by atoms with E-state index in [9.17, 15) is 4.39 Å². The Morgan fingerprint density at radius 1 is 1.22 bits per heavy atom. The second kappa shape index (κ2) is 5.56. The molecule has 0 atom stereocenters. The summed E-state index contributed by atoms with van der Waals surface area (Å²) < 4.78 is 14.2. The molecular weight excluding hydrogens is 342 g/mol. The minimum Gasteiger partial charge on any atom is -0.399 e. The Morgan fingerprint density at radius 3 is 2.67 bits per heavy atom. The molecule has 4 heteroatoms. The van der Waals surface area contributed by atoms with Crippen LogP contribution in [0, 0.1) is 9.39 Å². The molecule has 0 amide bonds. The first kappa shape index (κ1) is 13.1. The summed E-state index contributed by atoms with van der Waals surface area (Å²) in [6.07, 6.45) is 0. The third-order valence-corrected chi connectivity index (χ3v) is 3.56. The van der Waals surface area contributed by atoms with Crippen molar-refractivity contribution >= 4 is 34.0 Å². The number of nitrogens with zero attached hydrogens (tertiary/aromatic N) is 1. The monoisotopic (exact) mass is 356 g/mol. The van der Waals surface area contributed by atoms with Crippen molar-refractivity contribution in [3.05, 3.63) is 57.4 Å². The molecule has 0 heterocycles. The van der Waals surface area contributed by atoms with Crippen LogP contribution in [0.4, 0.5) is 15.8 Å². The molecule has 0 aliphatic carbocycles. The summed E-state index contributed by atoms with van der Waals surface area (Å²) >= 11 is 2.25. The van der Waals surface area contributed by atoms with E-state index in [0.717, 1.165) is 20.5 Å². The zero-order valence-corrected chi connectivity index (χ0v) is 12.2. The summed E-state index contributed by atoms with van der Waals surface area (Å²) in [5.41, 5.74) is 8.52. The van der Waals surface area contributed by atoms with Gasteiger partial charge >= 0.3 is 0 Å². The molecule has 0 radical (unpaired) electrons. The largest absolute Gasteiger partial charge is 0.399 e. The summed E-state index contributed by atoms with van der Waals surface area (Å²) in [4.78, 5) is 2.08. The molecule has 0 aromatic heterocycles. The first-order valence-corrected chi connectivity index (χ1v) is 6.65. The van der Waals surface area contributed by atoms with E-state index in [1.807, 2.05) is 31.3 Å². The zero-order chi connectivity index (χ0) is 13.1. The SMILES string of the molecule is CN(Cc1cccc(F)c1)c1ccc(N)cc1I. The van der Waals surface area contributed by atoms with Crippen molar-refractivity contribution in [2.75, 3.05) is 17.7 Å². The maximum absolute atomic E-state index is 13.1. The van der Waals surface area contributed by atoms with Gasteiger partial charge in [0.05, 0.1) is 5.69 Å². The van der Waals surface area contributed by atoms with E-state index in [0.29, 0.717) is 6.54 Å². The molecule has 0 unspecified atom stereocenters. The van der Waals surface area contributed by atoms with Crippen molar-refractivity contribution in [3.8, 4) is 0 Å². The average Bonchev–Trinajstić information content (AvgIpc) is 2.28. The normalized spacial score (nSPS) is 10.4. The summed E-state index contributed by atoms with van der Waals surface area (Å²) in [5.74, 6) is -0.201. The molecule has 2 aromatic carbocycles. The van der Waals surface area contributed by atoms with Crippen LogP contribution in [0.5, 0.6) is 0 Å². The molecule has 2 nitrogen and oxygen atoms in total. The van der Waals surface area contributed by atoms with Crippen molar-refractivity contribution in [2.45, 2.75) is 6.54 Å². The van der Waals surface area contributed by atoms with Gasteiger partial charge in [0.25, 0.3) is 0 Å². The minimum absolute atomic E-state index is 0.201. The quantitative estimate of drug-likeness (QED) is 0.672. The summed E-state index contributed by atoms with van der Waals surface area (Å²) in [5, 5.41) is 0. The third-order valence-electron chi connectivity index (χ3n) is 2.69. The first-order chi connectivity index (χ1) is 8.56. The van der Waals surface area contributed by atoms with Gasteiger partial charge in [-0.05, 0) is 58.5 Å². The lowest BCUT2D eigenvalue weighted by atomic mass is 10.2. The van der Waals surface area contributed by atoms with Crippen molar-refractivity contribution in [1.29, 1.82) is 0 Å². The zero-order valence-electron chi connectivity index (χ0n) is 10.0. The summed E-state index contributed by atoms with van der Waals surface area (Å²) in [6, 6.07) is 12.4. The number of anilines is 2. The maximum atomic E-state index is 13.1. The molecule has 0 aliphatic heterocycles. The van der Waals surface area contributed by atoms with Crippen LogP contribution < -0.4 is 10.6 Å². The Morgan fingerprint density at radius 2 is 2.00 bits per heavy atom. The van der Waals surface area contributed by atoms with Gasteiger partial charge in [0.1, 0.15) is 5.82 Å². The predicted octanol–water partition coefficient (Wildman–Crippen LogP) is 3.65. The van der Waals surface area contributed by atoms with Gasteiger partial charge in [-0.3, -0.25) is 0 Å². The summed E-state index contributed by atoms with van der Waals surface area (Å²) in [6.45, 7) is 0.664. The molecule has 2 N–H and O–H groups in total. The maximum Gasteiger partial charge on any atom is 0.123 e. The van der Waals surface area contributed by atoms with E-state index in [2.05, 4.69) is 27.5 Å². The van der Waals surface area contributed by atoms with E-state index in [4.69, 9.17) is 5.73 Å². The Bertz CT molecular complexity index is 557. The molecule has 2 rings (SSSR count). The lowest BCUT2D eigenvalue weighted by Gasteiger charge is -2.21. The highest BCUT2D eigenvalue weighted by Crippen LogP contribution is 2.25. The fourth-order valence-electron chi connectivity index (χ4n) is 1.83. The van der Waals surface area contributed by atoms with Crippen LogP contribution in [-0.4, -0.2) is 7.05 Å². The first-order valence-electron chi connectivity index (χ1n) is 5.57. The van der Waals surface area contributed by atoms with Crippen molar-refractivity contribution in [1.82, 2.24) is 0 Å². The van der Waals surface area contributed by atoms with Gasteiger partial charge in [0.2, 0.25) is 0 Å². The van der Waals surface area contributed by atoms with Gasteiger partial charge in [0, 0.05) is 22.8 Å². The van der Waals surface area contributed by atoms with Gasteiger partial charge in [-0.15, -0.1) is 0 Å². The number of nitrogens with two attached hydrogens (primary N) is 1. The molecule has 18 heavy (non-hydrogen) atoms. The number of hydrogen-bond donors (Lipinski definition) is 1. The second-order valence-corrected chi connectivity index (χ2v) is 5.36. The topological polar surface area (TPSA) is 29.3 Å². The van der Waals surface area contributed by atoms with Gasteiger partial charge in [0.15, 0.2) is 0 Å². The molecule has 0 aliphatic rings.